The molecule has 1 aromatic rings. The van der Waals surface area contributed by atoms with Gasteiger partial charge >= 0.3 is 5.97 Å². The summed E-state index contributed by atoms with van der Waals surface area (Å²) in [5, 5.41) is 9.68. The summed E-state index contributed by atoms with van der Waals surface area (Å²) in [6.45, 7) is 1.35. The third-order valence-corrected chi connectivity index (χ3v) is 3.26. The minimum Gasteiger partial charge on any atom is -0.478 e. The molecule has 0 bridgehead atoms. The van der Waals surface area contributed by atoms with Gasteiger partial charge < -0.3 is 14.7 Å². The highest BCUT2D eigenvalue weighted by molar-refractivity contribution is 6.31. The van der Waals surface area contributed by atoms with Crippen LogP contribution in [0.3, 0.4) is 0 Å². The van der Waals surface area contributed by atoms with Gasteiger partial charge in [-0.15, -0.1) is 0 Å². The van der Waals surface area contributed by atoms with Crippen molar-refractivity contribution in [1.29, 1.82) is 0 Å². The van der Waals surface area contributed by atoms with Gasteiger partial charge in [-0.2, -0.15) is 0 Å². The van der Waals surface area contributed by atoms with E-state index in [2.05, 4.69) is 0 Å². The van der Waals surface area contributed by atoms with E-state index < -0.39 is 5.97 Å². The third-order valence-electron chi connectivity index (χ3n) is 3.02. The zero-order valence-corrected chi connectivity index (χ0v) is 10.3. The van der Waals surface area contributed by atoms with E-state index in [0.717, 1.165) is 13.0 Å². The molecule has 1 aromatic carbocycles. The number of ether oxygens (including phenoxy) is 1. The summed E-state index contributed by atoms with van der Waals surface area (Å²) in [4.78, 5) is 13.1. The summed E-state index contributed by atoms with van der Waals surface area (Å²) in [5.74, 6) is -0.942. The van der Waals surface area contributed by atoms with Crippen LogP contribution in [0.25, 0.3) is 0 Å². The molecule has 1 saturated heterocycles. The van der Waals surface area contributed by atoms with Crippen LogP contribution in [0.1, 0.15) is 16.8 Å². The summed E-state index contributed by atoms with van der Waals surface area (Å²) in [6, 6.07) is 5.02. The molecule has 0 aliphatic carbocycles. The van der Waals surface area contributed by atoms with E-state index in [9.17, 15) is 4.79 Å². The maximum Gasteiger partial charge on any atom is 0.337 e. The Labute approximate surface area is 105 Å². The van der Waals surface area contributed by atoms with Crippen molar-refractivity contribution in [2.75, 3.05) is 25.2 Å². The molecule has 1 atom stereocenters. The quantitative estimate of drug-likeness (QED) is 0.900. The highest BCUT2D eigenvalue weighted by atomic mass is 35.5. The van der Waals surface area contributed by atoms with Crippen molar-refractivity contribution >= 4 is 23.3 Å². The molecular formula is C12H14ClNO3. The van der Waals surface area contributed by atoms with E-state index in [1.54, 1.807) is 12.1 Å². The van der Waals surface area contributed by atoms with Crippen molar-refractivity contribution in [3.8, 4) is 0 Å². The lowest BCUT2D eigenvalue weighted by atomic mass is 10.1. The summed E-state index contributed by atoms with van der Waals surface area (Å²) in [6.07, 6.45) is 0.905. The Morgan fingerprint density at radius 1 is 1.59 bits per heavy atom. The molecule has 0 saturated carbocycles. The molecule has 0 radical (unpaired) electrons. The molecule has 0 spiro atoms. The fraction of sp³-hybridized carbons (Fsp3) is 0.417. The van der Waals surface area contributed by atoms with Crippen LogP contribution in [-0.4, -0.2) is 37.4 Å². The number of carboxylic acids is 1. The Kier molecular flexibility index (Phi) is 3.54. The van der Waals surface area contributed by atoms with Gasteiger partial charge in [-0.05, 0) is 24.6 Å². The van der Waals surface area contributed by atoms with Crippen molar-refractivity contribution < 1.29 is 14.6 Å². The topological polar surface area (TPSA) is 49.8 Å². The molecule has 0 aromatic heterocycles. The first-order valence-electron chi connectivity index (χ1n) is 5.43. The fourth-order valence-corrected chi connectivity index (χ4v) is 2.17. The molecule has 0 amide bonds. The van der Waals surface area contributed by atoms with Gasteiger partial charge in [0.2, 0.25) is 0 Å². The van der Waals surface area contributed by atoms with Crippen LogP contribution in [0, 0.1) is 0 Å². The Morgan fingerprint density at radius 3 is 2.94 bits per heavy atom. The number of carboxylic acid groups (broad SMARTS) is 1. The monoisotopic (exact) mass is 255 g/mol. The number of likely N-dealkylation sites (N-methyl/N-ethyl adjacent to an activating group) is 1. The van der Waals surface area contributed by atoms with Crippen molar-refractivity contribution in [1.82, 2.24) is 0 Å². The minimum atomic E-state index is -0.942. The van der Waals surface area contributed by atoms with Gasteiger partial charge in [0.1, 0.15) is 0 Å². The predicted molar refractivity (Wildman–Crippen MR) is 66.0 cm³/mol. The Morgan fingerprint density at radius 2 is 2.35 bits per heavy atom. The van der Waals surface area contributed by atoms with Gasteiger partial charge in [0.25, 0.3) is 0 Å². The van der Waals surface area contributed by atoms with Gasteiger partial charge in [0, 0.05) is 18.7 Å². The van der Waals surface area contributed by atoms with Crippen LogP contribution in [0.15, 0.2) is 18.2 Å². The highest BCUT2D eigenvalue weighted by Gasteiger charge is 2.24. The first-order chi connectivity index (χ1) is 8.09. The van der Waals surface area contributed by atoms with E-state index in [4.69, 9.17) is 21.4 Å². The SMILES string of the molecule is CN(c1cc(Cl)ccc1C(=O)O)C1CCOC1. The summed E-state index contributed by atoms with van der Waals surface area (Å²) >= 11 is 5.92. The molecule has 4 nitrogen and oxygen atoms in total. The number of hydrogen-bond donors (Lipinski definition) is 1. The normalized spacial score (nSPS) is 19.3. The van der Waals surface area contributed by atoms with E-state index in [-0.39, 0.29) is 11.6 Å². The van der Waals surface area contributed by atoms with Gasteiger partial charge in [0.15, 0.2) is 0 Å². The molecule has 1 aliphatic heterocycles. The van der Waals surface area contributed by atoms with Crippen LogP contribution in [-0.2, 0) is 4.74 Å². The number of halogens is 1. The number of nitrogens with zero attached hydrogens (tertiary/aromatic N) is 1. The number of carbonyl (C=O) groups is 1. The lowest BCUT2D eigenvalue weighted by Crippen LogP contribution is -2.32. The standard InChI is InChI=1S/C12H14ClNO3/c1-14(9-4-5-17-7-9)11-6-8(13)2-3-10(11)12(15)16/h2-3,6,9H,4-5,7H2,1H3,(H,15,16). The second kappa shape index (κ2) is 4.94. The second-order valence-electron chi connectivity index (χ2n) is 4.09. The van der Waals surface area contributed by atoms with Crippen LogP contribution in [0.2, 0.25) is 5.02 Å². The molecule has 92 valence electrons. The molecule has 1 N–H and O–H groups in total. The molecule has 2 rings (SSSR count). The zero-order chi connectivity index (χ0) is 12.4. The highest BCUT2D eigenvalue weighted by Crippen LogP contribution is 2.27. The minimum absolute atomic E-state index is 0.214. The second-order valence-corrected chi connectivity index (χ2v) is 4.53. The van der Waals surface area contributed by atoms with E-state index in [0.29, 0.717) is 17.3 Å². The van der Waals surface area contributed by atoms with Crippen LogP contribution < -0.4 is 4.90 Å². The zero-order valence-electron chi connectivity index (χ0n) is 9.52. The van der Waals surface area contributed by atoms with E-state index in [1.807, 2.05) is 11.9 Å². The molecule has 1 aliphatic rings. The number of rotatable bonds is 3. The van der Waals surface area contributed by atoms with Crippen LogP contribution >= 0.6 is 11.6 Å². The number of aromatic carboxylic acids is 1. The Balaban J connectivity index is 2.34. The lowest BCUT2D eigenvalue weighted by molar-refractivity contribution is 0.0697. The van der Waals surface area contributed by atoms with Gasteiger partial charge in [-0.25, -0.2) is 4.79 Å². The molecular weight excluding hydrogens is 242 g/mol. The first-order valence-corrected chi connectivity index (χ1v) is 5.81. The number of hydrogen-bond acceptors (Lipinski definition) is 3. The van der Waals surface area contributed by atoms with E-state index in [1.165, 1.54) is 6.07 Å². The first kappa shape index (κ1) is 12.2. The van der Waals surface area contributed by atoms with Gasteiger partial charge in [0.05, 0.1) is 23.9 Å². The molecule has 17 heavy (non-hydrogen) atoms. The molecule has 1 fully saturated rings. The maximum absolute atomic E-state index is 11.2. The largest absolute Gasteiger partial charge is 0.478 e. The summed E-state index contributed by atoms with van der Waals surface area (Å²) in [7, 11) is 1.87. The average molecular weight is 256 g/mol. The fourth-order valence-electron chi connectivity index (χ4n) is 2.00. The average Bonchev–Trinajstić information content (AvgIpc) is 2.80. The van der Waals surface area contributed by atoms with Crippen LogP contribution in [0.4, 0.5) is 5.69 Å². The lowest BCUT2D eigenvalue weighted by Gasteiger charge is -2.26. The maximum atomic E-state index is 11.2. The Hall–Kier alpha value is -1.26. The van der Waals surface area contributed by atoms with E-state index >= 15 is 0 Å². The van der Waals surface area contributed by atoms with Crippen molar-refractivity contribution in [3.63, 3.8) is 0 Å². The predicted octanol–water partition coefficient (Wildman–Crippen LogP) is 2.26. The summed E-state index contributed by atoms with van der Waals surface area (Å²) in [5.41, 5.74) is 0.907. The molecule has 1 unspecified atom stereocenters. The van der Waals surface area contributed by atoms with Crippen molar-refractivity contribution in [2.45, 2.75) is 12.5 Å². The van der Waals surface area contributed by atoms with Gasteiger partial charge in [-0.1, -0.05) is 11.6 Å². The number of anilines is 1. The van der Waals surface area contributed by atoms with Gasteiger partial charge in [-0.3, -0.25) is 0 Å². The summed E-state index contributed by atoms with van der Waals surface area (Å²) < 4.78 is 5.31. The van der Waals surface area contributed by atoms with Crippen LogP contribution in [0.5, 0.6) is 0 Å². The number of benzene rings is 1. The third kappa shape index (κ3) is 2.53. The van der Waals surface area contributed by atoms with Crippen molar-refractivity contribution in [3.05, 3.63) is 28.8 Å². The van der Waals surface area contributed by atoms with Crippen molar-refractivity contribution in [2.24, 2.45) is 0 Å². The molecule has 5 heteroatoms. The molecule has 1 heterocycles. The smallest absolute Gasteiger partial charge is 0.337 e. The Bertz CT molecular complexity index is 430.